The van der Waals surface area contributed by atoms with E-state index >= 15 is 0 Å². The molecule has 1 aliphatic heterocycles. The van der Waals surface area contributed by atoms with Gasteiger partial charge in [-0.05, 0) is 39.0 Å². The van der Waals surface area contributed by atoms with Crippen molar-refractivity contribution < 1.29 is 4.74 Å². The van der Waals surface area contributed by atoms with Crippen LogP contribution in [0.15, 0.2) is 0 Å². The third-order valence-electron chi connectivity index (χ3n) is 4.82. The highest BCUT2D eigenvalue weighted by Gasteiger charge is 2.38. The van der Waals surface area contributed by atoms with E-state index in [1.54, 1.807) is 0 Å². The Morgan fingerprint density at radius 2 is 2.10 bits per heavy atom. The Balaban J connectivity index is 1.88. The minimum atomic E-state index is -0.211. The van der Waals surface area contributed by atoms with Gasteiger partial charge in [0.25, 0.3) is 0 Å². The van der Waals surface area contributed by atoms with Crippen molar-refractivity contribution in [2.24, 2.45) is 0 Å². The van der Waals surface area contributed by atoms with Crippen LogP contribution in [0.5, 0.6) is 0 Å². The number of aromatic nitrogens is 3. The van der Waals surface area contributed by atoms with Gasteiger partial charge in [0.05, 0.1) is 0 Å². The average Bonchev–Trinajstić information content (AvgIpc) is 3.16. The minimum Gasteiger partial charge on any atom is -0.367 e. The summed E-state index contributed by atoms with van der Waals surface area (Å²) >= 11 is 0. The number of unbranched alkanes of at least 4 members (excludes halogenated alkanes) is 1. The van der Waals surface area contributed by atoms with Crippen molar-refractivity contribution in [3.05, 3.63) is 11.6 Å². The topological polar surface area (TPSA) is 39.9 Å². The van der Waals surface area contributed by atoms with Gasteiger partial charge in [-0.15, -0.1) is 0 Å². The first-order valence-corrected chi connectivity index (χ1v) is 8.32. The summed E-state index contributed by atoms with van der Waals surface area (Å²) in [7, 11) is 0. The molecule has 2 heterocycles. The van der Waals surface area contributed by atoms with E-state index in [1.165, 1.54) is 32.1 Å². The molecule has 1 saturated carbocycles. The zero-order chi connectivity index (χ0) is 14.0. The van der Waals surface area contributed by atoms with Crippen molar-refractivity contribution >= 4 is 0 Å². The largest absolute Gasteiger partial charge is 0.367 e. The highest BCUT2D eigenvalue weighted by Crippen LogP contribution is 2.37. The Kier molecular flexibility index (Phi) is 4.11. The predicted octanol–water partition coefficient (Wildman–Crippen LogP) is 3.76. The quantitative estimate of drug-likeness (QED) is 0.822. The van der Waals surface area contributed by atoms with Crippen LogP contribution < -0.4 is 0 Å². The molecule has 1 unspecified atom stereocenters. The lowest BCUT2D eigenvalue weighted by atomic mass is 10.0. The van der Waals surface area contributed by atoms with E-state index in [9.17, 15) is 0 Å². The molecule has 20 heavy (non-hydrogen) atoms. The molecule has 0 radical (unpaired) electrons. The van der Waals surface area contributed by atoms with Crippen LogP contribution in [-0.4, -0.2) is 21.4 Å². The lowest BCUT2D eigenvalue weighted by Gasteiger charge is -2.22. The maximum Gasteiger partial charge on any atom is 0.159 e. The Morgan fingerprint density at radius 1 is 1.30 bits per heavy atom. The van der Waals surface area contributed by atoms with Crippen molar-refractivity contribution in [1.29, 1.82) is 0 Å². The molecule has 0 bridgehead atoms. The van der Waals surface area contributed by atoms with Crippen molar-refractivity contribution in [2.45, 2.75) is 83.3 Å². The number of hydrogen-bond acceptors (Lipinski definition) is 3. The summed E-state index contributed by atoms with van der Waals surface area (Å²) in [5, 5.41) is 4.85. The van der Waals surface area contributed by atoms with E-state index in [0.29, 0.717) is 5.92 Å². The average molecular weight is 277 g/mol. The van der Waals surface area contributed by atoms with Crippen LogP contribution >= 0.6 is 0 Å². The standard InChI is InChI=1S/C16H27N3O/c1-3-4-11-19-15(16(2)10-7-12-20-16)17-14(18-19)13-8-5-6-9-13/h13H,3-12H2,1-2H3. The number of ether oxygens (including phenoxy) is 1. The Hall–Kier alpha value is -0.900. The van der Waals surface area contributed by atoms with Crippen molar-refractivity contribution in [3.63, 3.8) is 0 Å². The minimum absolute atomic E-state index is 0.211. The van der Waals surface area contributed by atoms with E-state index in [0.717, 1.165) is 44.1 Å². The molecule has 0 amide bonds. The maximum absolute atomic E-state index is 6.00. The highest BCUT2D eigenvalue weighted by molar-refractivity contribution is 5.09. The van der Waals surface area contributed by atoms with Crippen LogP contribution in [-0.2, 0) is 16.9 Å². The third kappa shape index (κ3) is 2.62. The summed E-state index contributed by atoms with van der Waals surface area (Å²) in [5.41, 5.74) is -0.211. The molecule has 4 nitrogen and oxygen atoms in total. The van der Waals surface area contributed by atoms with E-state index in [1.807, 2.05) is 0 Å². The van der Waals surface area contributed by atoms with Gasteiger partial charge < -0.3 is 4.74 Å². The smallest absolute Gasteiger partial charge is 0.159 e. The second-order valence-corrected chi connectivity index (χ2v) is 6.53. The zero-order valence-electron chi connectivity index (χ0n) is 12.9. The fourth-order valence-corrected chi connectivity index (χ4v) is 3.53. The molecule has 2 aliphatic rings. The van der Waals surface area contributed by atoms with Gasteiger partial charge in [0.15, 0.2) is 11.6 Å². The molecular formula is C16H27N3O. The molecule has 0 aromatic carbocycles. The van der Waals surface area contributed by atoms with Gasteiger partial charge in [-0.1, -0.05) is 26.2 Å². The van der Waals surface area contributed by atoms with Crippen LogP contribution in [0.4, 0.5) is 0 Å². The predicted molar refractivity (Wildman–Crippen MR) is 78.7 cm³/mol. The first-order chi connectivity index (χ1) is 9.73. The molecule has 1 aromatic heterocycles. The van der Waals surface area contributed by atoms with E-state index in [2.05, 4.69) is 18.5 Å². The first-order valence-electron chi connectivity index (χ1n) is 8.32. The summed E-state index contributed by atoms with van der Waals surface area (Å²) < 4.78 is 8.14. The van der Waals surface area contributed by atoms with Gasteiger partial charge in [0.1, 0.15) is 5.60 Å². The van der Waals surface area contributed by atoms with Gasteiger partial charge in [0, 0.05) is 19.1 Å². The molecule has 112 valence electrons. The van der Waals surface area contributed by atoms with Crippen LogP contribution in [0.1, 0.15) is 82.8 Å². The van der Waals surface area contributed by atoms with Gasteiger partial charge in [-0.25, -0.2) is 9.67 Å². The number of nitrogens with zero attached hydrogens (tertiary/aromatic N) is 3. The molecule has 0 N–H and O–H groups in total. The Morgan fingerprint density at radius 3 is 2.75 bits per heavy atom. The van der Waals surface area contributed by atoms with E-state index in [4.69, 9.17) is 14.8 Å². The number of hydrogen-bond donors (Lipinski definition) is 0. The van der Waals surface area contributed by atoms with Gasteiger partial charge in [0.2, 0.25) is 0 Å². The SMILES string of the molecule is CCCCn1nc(C2CCCC2)nc1C1(C)CCCO1. The Bertz CT molecular complexity index is 443. The van der Waals surface area contributed by atoms with Crippen LogP contribution in [0, 0.1) is 0 Å². The van der Waals surface area contributed by atoms with Gasteiger partial charge in [-0.2, -0.15) is 5.10 Å². The van der Waals surface area contributed by atoms with E-state index < -0.39 is 0 Å². The highest BCUT2D eigenvalue weighted by atomic mass is 16.5. The molecule has 0 spiro atoms. The fourth-order valence-electron chi connectivity index (χ4n) is 3.53. The molecule has 1 saturated heterocycles. The molecular weight excluding hydrogens is 250 g/mol. The molecule has 1 aliphatic carbocycles. The lowest BCUT2D eigenvalue weighted by Crippen LogP contribution is -2.26. The lowest BCUT2D eigenvalue weighted by molar-refractivity contribution is 0.00551. The molecule has 1 atom stereocenters. The monoisotopic (exact) mass is 277 g/mol. The van der Waals surface area contributed by atoms with Gasteiger partial charge >= 0.3 is 0 Å². The van der Waals surface area contributed by atoms with Crippen LogP contribution in [0.25, 0.3) is 0 Å². The second-order valence-electron chi connectivity index (χ2n) is 6.53. The number of aryl methyl sites for hydroxylation is 1. The summed E-state index contributed by atoms with van der Waals surface area (Å²) in [5.74, 6) is 2.73. The summed E-state index contributed by atoms with van der Waals surface area (Å²) in [6, 6.07) is 0. The van der Waals surface area contributed by atoms with Crippen LogP contribution in [0.3, 0.4) is 0 Å². The maximum atomic E-state index is 6.00. The van der Waals surface area contributed by atoms with E-state index in [-0.39, 0.29) is 5.60 Å². The Labute approximate surface area is 121 Å². The van der Waals surface area contributed by atoms with Crippen LogP contribution in [0.2, 0.25) is 0 Å². The third-order valence-corrected chi connectivity index (χ3v) is 4.82. The van der Waals surface area contributed by atoms with Crippen molar-refractivity contribution in [2.75, 3.05) is 6.61 Å². The summed E-state index contributed by atoms with van der Waals surface area (Å²) in [6.45, 7) is 6.24. The zero-order valence-corrected chi connectivity index (χ0v) is 12.9. The molecule has 1 aromatic rings. The first kappa shape index (κ1) is 14.1. The van der Waals surface area contributed by atoms with Gasteiger partial charge in [-0.3, -0.25) is 0 Å². The molecule has 2 fully saturated rings. The number of rotatable bonds is 5. The summed E-state index contributed by atoms with van der Waals surface area (Å²) in [6.07, 6.45) is 9.74. The normalized spacial score (nSPS) is 27.5. The van der Waals surface area contributed by atoms with Crippen molar-refractivity contribution in [3.8, 4) is 0 Å². The summed E-state index contributed by atoms with van der Waals surface area (Å²) in [4.78, 5) is 4.93. The van der Waals surface area contributed by atoms with Crippen molar-refractivity contribution in [1.82, 2.24) is 14.8 Å². The fraction of sp³-hybridized carbons (Fsp3) is 0.875. The molecule has 4 heteroatoms. The molecule has 3 rings (SSSR count). The second kappa shape index (κ2) is 5.84.